The number of piperidine rings is 1. The van der Waals surface area contributed by atoms with E-state index in [-0.39, 0.29) is 11.7 Å². The van der Waals surface area contributed by atoms with Gasteiger partial charge in [0.05, 0.1) is 12.2 Å². The lowest BCUT2D eigenvalue weighted by atomic mass is 9.99. The Morgan fingerprint density at radius 2 is 1.71 bits per heavy atom. The number of hydrogen-bond donors (Lipinski definition) is 0. The van der Waals surface area contributed by atoms with E-state index >= 15 is 0 Å². The van der Waals surface area contributed by atoms with E-state index < -0.39 is 6.43 Å². The van der Waals surface area contributed by atoms with Gasteiger partial charge in [-0.25, -0.2) is 8.78 Å². The number of halogens is 3. The van der Waals surface area contributed by atoms with E-state index in [1.165, 1.54) is 5.69 Å². The van der Waals surface area contributed by atoms with Gasteiger partial charge >= 0.3 is 0 Å². The highest BCUT2D eigenvalue weighted by molar-refractivity contribution is 6.31. The maximum absolute atomic E-state index is 13.8. The third kappa shape index (κ3) is 5.84. The van der Waals surface area contributed by atoms with Crippen LogP contribution in [0.3, 0.4) is 0 Å². The summed E-state index contributed by atoms with van der Waals surface area (Å²) in [5, 5.41) is 5.01. The average Bonchev–Trinajstić information content (AvgIpc) is 3.31. The lowest BCUT2D eigenvalue weighted by molar-refractivity contribution is 0.133. The van der Waals surface area contributed by atoms with Crippen LogP contribution in [0.5, 0.6) is 0 Å². The Hall–Kier alpha value is -2.64. The summed E-state index contributed by atoms with van der Waals surface area (Å²) in [5.41, 5.74) is 5.10. The van der Waals surface area contributed by atoms with Crippen LogP contribution in [-0.2, 0) is 0 Å². The van der Waals surface area contributed by atoms with Crippen LogP contribution in [0, 0.1) is 12.8 Å². The van der Waals surface area contributed by atoms with Crippen molar-refractivity contribution in [2.75, 3.05) is 55.6 Å². The van der Waals surface area contributed by atoms with E-state index in [1.54, 1.807) is 17.8 Å². The normalized spacial score (nSPS) is 19.1. The fraction of sp³-hybridized carbons (Fsp3) is 0.500. The highest BCUT2D eigenvalue weighted by atomic mass is 35.5. The van der Waals surface area contributed by atoms with Crippen molar-refractivity contribution in [3.63, 3.8) is 0 Å². The molecule has 2 aliphatic rings. The molecule has 0 saturated carbocycles. The van der Waals surface area contributed by atoms with E-state index in [0.717, 1.165) is 68.9 Å². The molecule has 1 aromatic heterocycles. The van der Waals surface area contributed by atoms with E-state index in [9.17, 15) is 8.78 Å². The van der Waals surface area contributed by atoms with Gasteiger partial charge in [0.1, 0.15) is 5.69 Å². The summed E-state index contributed by atoms with van der Waals surface area (Å²) in [6, 6.07) is 14.7. The first-order chi connectivity index (χ1) is 18.3. The van der Waals surface area contributed by atoms with Crippen LogP contribution in [0.1, 0.15) is 50.4 Å². The van der Waals surface area contributed by atoms with Gasteiger partial charge in [0.2, 0.25) is 0 Å². The number of piperazine rings is 1. The highest BCUT2D eigenvalue weighted by Gasteiger charge is 2.28. The molecule has 204 valence electrons. The number of aromatic nitrogens is 2. The molecule has 3 heterocycles. The Bertz CT molecular complexity index is 1220. The van der Waals surface area contributed by atoms with Crippen molar-refractivity contribution in [3.8, 4) is 11.1 Å². The monoisotopic (exact) mass is 541 g/mol. The van der Waals surface area contributed by atoms with Crippen LogP contribution >= 0.6 is 11.6 Å². The summed E-state index contributed by atoms with van der Waals surface area (Å²) in [7, 11) is 0. The first kappa shape index (κ1) is 26.9. The van der Waals surface area contributed by atoms with E-state index in [1.807, 2.05) is 12.1 Å². The first-order valence-electron chi connectivity index (χ1n) is 13.7. The summed E-state index contributed by atoms with van der Waals surface area (Å²) in [6.07, 6.45) is 0.745. The van der Waals surface area contributed by atoms with Crippen molar-refractivity contribution in [3.05, 3.63) is 64.9 Å². The number of benzene rings is 2. The summed E-state index contributed by atoms with van der Waals surface area (Å²) < 4.78 is 29.1. The Labute approximate surface area is 230 Å². The van der Waals surface area contributed by atoms with Gasteiger partial charge in [-0.3, -0.25) is 9.58 Å². The molecule has 8 heteroatoms. The number of anilines is 2. The molecule has 2 fully saturated rings. The fourth-order valence-electron chi connectivity index (χ4n) is 5.96. The number of rotatable bonds is 7. The minimum absolute atomic E-state index is 0.0313. The molecule has 2 saturated heterocycles. The fourth-order valence-corrected chi connectivity index (χ4v) is 6.13. The zero-order valence-corrected chi connectivity index (χ0v) is 23.3. The van der Waals surface area contributed by atoms with E-state index in [2.05, 4.69) is 64.0 Å². The third-order valence-corrected chi connectivity index (χ3v) is 8.05. The zero-order chi connectivity index (χ0) is 26.8. The molecule has 0 amide bonds. The lowest BCUT2D eigenvalue weighted by Gasteiger charge is -2.37. The van der Waals surface area contributed by atoms with Gasteiger partial charge in [0, 0.05) is 67.8 Å². The molecular formula is C30H38ClF2N5. The number of nitrogens with zero attached hydrogens (tertiary/aromatic N) is 5. The molecule has 5 nitrogen and oxygen atoms in total. The van der Waals surface area contributed by atoms with Gasteiger partial charge < -0.3 is 9.80 Å². The van der Waals surface area contributed by atoms with Crippen LogP contribution in [0.2, 0.25) is 5.02 Å². The topological polar surface area (TPSA) is 27.5 Å². The minimum atomic E-state index is -2.54. The highest BCUT2D eigenvalue weighted by Crippen LogP contribution is 2.38. The smallest absolute Gasteiger partial charge is 0.280 e. The standard InChI is InChI=1S/C30H38ClF2N5/c1-21(2)19-35-13-15-36(16-14-35)25-9-6-23(7-10-25)27-11-8-24(31)17-28(27)37-12-4-5-26(20-37)38-29(30(32)33)22(3)18-34-38/h6-11,17-18,21,26,30H,4-5,12-16,19-20H2,1-3H3. The molecule has 1 atom stereocenters. The predicted octanol–water partition coefficient (Wildman–Crippen LogP) is 7.07. The number of alkyl halides is 2. The molecule has 0 bridgehead atoms. The molecule has 0 N–H and O–H groups in total. The summed E-state index contributed by atoms with van der Waals surface area (Å²) >= 11 is 6.46. The molecule has 1 unspecified atom stereocenters. The second kappa shape index (κ2) is 11.6. The largest absolute Gasteiger partial charge is 0.369 e. The quantitative estimate of drug-likeness (QED) is 0.320. The van der Waals surface area contributed by atoms with Crippen LogP contribution in [0.15, 0.2) is 48.7 Å². The molecule has 5 rings (SSSR count). The Balaban J connectivity index is 1.35. The first-order valence-corrected chi connectivity index (χ1v) is 14.1. The van der Waals surface area contributed by atoms with Crippen LogP contribution in [-0.4, -0.2) is 60.5 Å². The van der Waals surface area contributed by atoms with Crippen LogP contribution in [0.25, 0.3) is 11.1 Å². The van der Waals surface area contributed by atoms with Crippen molar-refractivity contribution < 1.29 is 8.78 Å². The Kier molecular flexibility index (Phi) is 8.24. The summed E-state index contributed by atoms with van der Waals surface area (Å²) in [6.45, 7) is 13.2. The molecule has 0 spiro atoms. The van der Waals surface area contributed by atoms with Crippen molar-refractivity contribution in [2.45, 2.75) is 46.1 Å². The van der Waals surface area contributed by atoms with Gasteiger partial charge in [0.15, 0.2) is 0 Å². The second-order valence-corrected chi connectivity index (χ2v) is 11.5. The van der Waals surface area contributed by atoms with Gasteiger partial charge in [-0.2, -0.15) is 5.10 Å². The van der Waals surface area contributed by atoms with E-state index in [4.69, 9.17) is 11.6 Å². The van der Waals surface area contributed by atoms with Crippen LogP contribution < -0.4 is 9.80 Å². The summed E-state index contributed by atoms with van der Waals surface area (Å²) in [4.78, 5) is 7.30. The minimum Gasteiger partial charge on any atom is -0.369 e. The molecule has 0 aliphatic carbocycles. The van der Waals surface area contributed by atoms with Crippen molar-refractivity contribution in [1.29, 1.82) is 0 Å². The molecule has 38 heavy (non-hydrogen) atoms. The maximum Gasteiger partial charge on any atom is 0.280 e. The Morgan fingerprint density at radius 1 is 0.974 bits per heavy atom. The SMILES string of the molecule is Cc1cnn(C2CCCN(c3cc(Cl)ccc3-c3ccc(N4CCN(CC(C)C)CC4)cc3)C2)c1C(F)F. The molecule has 0 radical (unpaired) electrons. The number of aryl methyl sites for hydroxylation is 1. The van der Waals surface area contributed by atoms with Crippen LogP contribution in [0.4, 0.5) is 20.2 Å². The van der Waals surface area contributed by atoms with Crippen molar-refractivity contribution in [1.82, 2.24) is 14.7 Å². The third-order valence-electron chi connectivity index (χ3n) is 7.82. The van der Waals surface area contributed by atoms with Gasteiger partial charge in [0.25, 0.3) is 6.43 Å². The van der Waals surface area contributed by atoms with Gasteiger partial charge in [-0.15, -0.1) is 0 Å². The molecule has 2 aliphatic heterocycles. The lowest BCUT2D eigenvalue weighted by Crippen LogP contribution is -2.47. The van der Waals surface area contributed by atoms with Crippen molar-refractivity contribution >= 4 is 23.0 Å². The maximum atomic E-state index is 13.8. The second-order valence-electron chi connectivity index (χ2n) is 11.1. The van der Waals surface area contributed by atoms with Crippen molar-refractivity contribution in [2.24, 2.45) is 5.92 Å². The summed E-state index contributed by atoms with van der Waals surface area (Å²) in [5.74, 6) is 0.694. The molecular weight excluding hydrogens is 504 g/mol. The molecule has 3 aromatic rings. The number of hydrogen-bond acceptors (Lipinski definition) is 4. The van der Waals surface area contributed by atoms with Gasteiger partial charge in [-0.1, -0.05) is 43.6 Å². The Morgan fingerprint density at radius 3 is 2.39 bits per heavy atom. The van der Waals surface area contributed by atoms with E-state index in [0.29, 0.717) is 23.0 Å². The zero-order valence-electron chi connectivity index (χ0n) is 22.6. The molecule has 2 aromatic carbocycles. The van der Waals surface area contributed by atoms with Gasteiger partial charge in [-0.05, 0) is 61.1 Å². The average molecular weight is 542 g/mol. The predicted molar refractivity (Wildman–Crippen MR) is 153 cm³/mol.